The lowest BCUT2D eigenvalue weighted by Crippen LogP contribution is -2.45. The molecule has 0 spiro atoms. The van der Waals surface area contributed by atoms with E-state index >= 15 is 0 Å². The van der Waals surface area contributed by atoms with Crippen LogP contribution in [0, 0.1) is 0 Å². The van der Waals surface area contributed by atoms with Crippen molar-refractivity contribution in [3.8, 4) is 0 Å². The normalized spacial score (nSPS) is 12.4. The van der Waals surface area contributed by atoms with Gasteiger partial charge in [-0.15, -0.1) is 0 Å². The summed E-state index contributed by atoms with van der Waals surface area (Å²) in [5, 5.41) is 23.3. The van der Waals surface area contributed by atoms with E-state index < -0.39 is 12.1 Å². The maximum atomic E-state index is 12.5. The fraction of sp³-hybridized carbons (Fsp3) is 0.971. The summed E-state index contributed by atoms with van der Waals surface area (Å²) >= 11 is 0. The first kappa shape index (κ1) is 74.9. The topological polar surface area (TPSA) is 95.9 Å². The van der Waals surface area contributed by atoms with Crippen LogP contribution in [0.5, 0.6) is 0 Å². The number of esters is 1. The molecule has 0 aromatic rings. The van der Waals surface area contributed by atoms with Crippen LogP contribution in [-0.4, -0.2) is 47.4 Å². The van der Waals surface area contributed by atoms with Gasteiger partial charge in [0.25, 0.3) is 0 Å². The molecule has 0 aliphatic heterocycles. The molecule has 0 saturated carbocycles. The van der Waals surface area contributed by atoms with Crippen molar-refractivity contribution < 1.29 is 24.5 Å². The molecule has 0 heterocycles. The predicted octanol–water partition coefficient (Wildman–Crippen LogP) is 22.6. The number of hydrogen-bond acceptors (Lipinski definition) is 5. The van der Waals surface area contributed by atoms with Crippen molar-refractivity contribution in [2.24, 2.45) is 0 Å². The summed E-state index contributed by atoms with van der Waals surface area (Å²) < 4.78 is 5.50. The van der Waals surface area contributed by atoms with Crippen LogP contribution in [0.25, 0.3) is 0 Å². The average molecular weight is 1070 g/mol. The molecule has 0 aliphatic carbocycles. The third kappa shape index (κ3) is 62.1. The fourth-order valence-electron chi connectivity index (χ4n) is 11.5. The van der Waals surface area contributed by atoms with Gasteiger partial charge in [-0.05, 0) is 25.7 Å². The lowest BCUT2D eigenvalue weighted by molar-refractivity contribution is -0.143. The van der Waals surface area contributed by atoms with E-state index in [1.165, 1.54) is 340 Å². The Morgan fingerprint density at radius 1 is 0.316 bits per heavy atom. The van der Waals surface area contributed by atoms with Crippen molar-refractivity contribution in [3.63, 3.8) is 0 Å². The lowest BCUT2D eigenvalue weighted by Gasteiger charge is -2.22. The smallest absolute Gasteiger partial charge is 0.305 e. The molecule has 0 radical (unpaired) electrons. The first-order valence-corrected chi connectivity index (χ1v) is 35.3. The summed E-state index contributed by atoms with van der Waals surface area (Å²) in [6.45, 7) is 5.00. The van der Waals surface area contributed by atoms with Crippen molar-refractivity contribution in [3.05, 3.63) is 0 Å². The van der Waals surface area contributed by atoms with Crippen LogP contribution in [0.4, 0.5) is 0 Å². The summed E-state index contributed by atoms with van der Waals surface area (Å²) in [7, 11) is 0. The second-order valence-electron chi connectivity index (χ2n) is 24.6. The van der Waals surface area contributed by atoms with E-state index in [0.29, 0.717) is 25.9 Å². The minimum Gasteiger partial charge on any atom is -0.466 e. The molecule has 0 fully saturated rings. The summed E-state index contributed by atoms with van der Waals surface area (Å²) in [6.07, 6.45) is 80.2. The summed E-state index contributed by atoms with van der Waals surface area (Å²) in [6, 6.07) is -0.537. The van der Waals surface area contributed by atoms with E-state index in [0.717, 1.165) is 38.5 Å². The van der Waals surface area contributed by atoms with E-state index in [1.54, 1.807) is 0 Å². The Balaban J connectivity index is 3.30. The molecule has 1 amide bonds. The molecule has 6 nitrogen and oxygen atoms in total. The number of aliphatic hydroxyl groups excluding tert-OH is 2. The highest BCUT2D eigenvalue weighted by molar-refractivity contribution is 5.76. The highest BCUT2D eigenvalue weighted by Gasteiger charge is 2.20. The van der Waals surface area contributed by atoms with Gasteiger partial charge in [-0.25, -0.2) is 0 Å². The first-order valence-electron chi connectivity index (χ1n) is 35.3. The second-order valence-corrected chi connectivity index (χ2v) is 24.6. The van der Waals surface area contributed by atoms with Gasteiger partial charge < -0.3 is 20.3 Å². The van der Waals surface area contributed by atoms with Gasteiger partial charge in [-0.2, -0.15) is 0 Å². The summed E-state index contributed by atoms with van der Waals surface area (Å²) in [5.74, 6) is -0.00356. The zero-order chi connectivity index (χ0) is 55.0. The molecule has 6 heteroatoms. The van der Waals surface area contributed by atoms with Gasteiger partial charge >= 0.3 is 5.97 Å². The van der Waals surface area contributed by atoms with Crippen LogP contribution >= 0.6 is 0 Å². The highest BCUT2D eigenvalue weighted by Crippen LogP contribution is 2.20. The lowest BCUT2D eigenvalue weighted by atomic mass is 10.0. The molecule has 0 saturated heterocycles. The number of nitrogens with one attached hydrogen (secondary N) is 1. The van der Waals surface area contributed by atoms with Crippen LogP contribution in [0.1, 0.15) is 412 Å². The van der Waals surface area contributed by atoms with Crippen molar-refractivity contribution in [2.45, 2.75) is 424 Å². The molecule has 0 aliphatic rings. The molecule has 76 heavy (non-hydrogen) atoms. The third-order valence-electron chi connectivity index (χ3n) is 16.9. The van der Waals surface area contributed by atoms with E-state index in [2.05, 4.69) is 19.2 Å². The number of rotatable bonds is 67. The molecular formula is C70H139NO5. The monoisotopic (exact) mass is 1070 g/mol. The van der Waals surface area contributed by atoms with Crippen LogP contribution < -0.4 is 5.32 Å². The molecule has 454 valence electrons. The Morgan fingerprint density at radius 3 is 0.803 bits per heavy atom. The SMILES string of the molecule is CCCCCCCCCCCCCCCCCC(=O)OCCCCCCCCCCCCCCCCCCCCCCCCCCCCCCCCC(=O)NC(CO)C(O)CCCCCCCCCCCCCCCC. The zero-order valence-corrected chi connectivity index (χ0v) is 52.0. The van der Waals surface area contributed by atoms with Gasteiger partial charge in [0.1, 0.15) is 0 Å². The van der Waals surface area contributed by atoms with Gasteiger partial charge in [0.15, 0.2) is 0 Å². The Kier molecular flexibility index (Phi) is 65.4. The van der Waals surface area contributed by atoms with Crippen LogP contribution in [-0.2, 0) is 14.3 Å². The number of carbonyl (C=O) groups excluding carboxylic acids is 2. The second kappa shape index (κ2) is 66.4. The Labute approximate surface area is 476 Å². The zero-order valence-electron chi connectivity index (χ0n) is 52.0. The van der Waals surface area contributed by atoms with Gasteiger partial charge in [-0.3, -0.25) is 9.59 Å². The average Bonchev–Trinajstić information content (AvgIpc) is 3.42. The molecule has 3 N–H and O–H groups in total. The van der Waals surface area contributed by atoms with E-state index in [9.17, 15) is 19.8 Å². The maximum Gasteiger partial charge on any atom is 0.305 e. The summed E-state index contributed by atoms with van der Waals surface area (Å²) in [5.41, 5.74) is 0. The maximum absolute atomic E-state index is 12.5. The fourth-order valence-corrected chi connectivity index (χ4v) is 11.5. The number of hydrogen-bond donors (Lipinski definition) is 3. The van der Waals surface area contributed by atoms with Gasteiger partial charge in [0.05, 0.1) is 25.4 Å². The molecular weight excluding hydrogens is 935 g/mol. The van der Waals surface area contributed by atoms with Crippen molar-refractivity contribution in [1.29, 1.82) is 0 Å². The number of aliphatic hydroxyl groups is 2. The quantitative estimate of drug-likeness (QED) is 0.0417. The molecule has 0 aromatic heterocycles. The number of unbranched alkanes of at least 4 members (excludes halogenated alkanes) is 56. The number of amides is 1. The molecule has 2 unspecified atom stereocenters. The van der Waals surface area contributed by atoms with Crippen LogP contribution in [0.2, 0.25) is 0 Å². The van der Waals surface area contributed by atoms with Crippen molar-refractivity contribution in [1.82, 2.24) is 5.32 Å². The Hall–Kier alpha value is -1.14. The molecule has 0 aromatic carbocycles. The van der Waals surface area contributed by atoms with Gasteiger partial charge in [-0.1, -0.05) is 373 Å². The predicted molar refractivity (Wildman–Crippen MR) is 334 cm³/mol. The largest absolute Gasteiger partial charge is 0.466 e. The van der Waals surface area contributed by atoms with E-state index in [1.807, 2.05) is 0 Å². The molecule has 0 rings (SSSR count). The Bertz CT molecular complexity index is 1100. The minimum absolute atomic E-state index is 0.0242. The number of ether oxygens (including phenoxy) is 1. The van der Waals surface area contributed by atoms with Crippen LogP contribution in [0.3, 0.4) is 0 Å². The highest BCUT2D eigenvalue weighted by atomic mass is 16.5. The van der Waals surface area contributed by atoms with Crippen molar-refractivity contribution >= 4 is 11.9 Å². The Morgan fingerprint density at radius 2 is 0.539 bits per heavy atom. The first-order chi connectivity index (χ1) is 37.5. The third-order valence-corrected chi connectivity index (χ3v) is 16.9. The van der Waals surface area contributed by atoms with Crippen molar-refractivity contribution in [2.75, 3.05) is 13.2 Å². The van der Waals surface area contributed by atoms with Gasteiger partial charge in [0, 0.05) is 12.8 Å². The minimum atomic E-state index is -0.660. The number of carbonyl (C=O) groups is 2. The van der Waals surface area contributed by atoms with Crippen LogP contribution in [0.15, 0.2) is 0 Å². The van der Waals surface area contributed by atoms with E-state index in [-0.39, 0.29) is 18.5 Å². The van der Waals surface area contributed by atoms with E-state index in [4.69, 9.17) is 4.74 Å². The molecule has 0 bridgehead atoms. The summed E-state index contributed by atoms with van der Waals surface area (Å²) in [4.78, 5) is 24.6. The van der Waals surface area contributed by atoms with Gasteiger partial charge in [0.2, 0.25) is 5.91 Å². The molecule has 2 atom stereocenters. The standard InChI is InChI=1S/C70H139NO5/c1-3-5-7-9-11-13-15-17-35-40-44-48-52-56-60-64-70(75)76-65-61-57-53-49-45-41-37-34-32-30-28-26-24-22-20-19-21-23-25-27-29-31-33-36-39-43-47-51-55-59-63-69(74)71-67(66-72)68(73)62-58-54-50-46-42-38-18-16-14-12-10-8-6-4-2/h67-68,72-73H,3-66H2,1-2H3,(H,71,74).